The molecule has 0 spiro atoms. The molecule has 3 aromatic rings. The van der Waals surface area contributed by atoms with Crippen LogP contribution in [0.1, 0.15) is 42.6 Å². The van der Waals surface area contributed by atoms with E-state index in [9.17, 15) is 9.59 Å². The summed E-state index contributed by atoms with van der Waals surface area (Å²) in [5, 5.41) is 0.694. The third-order valence-electron chi connectivity index (χ3n) is 4.07. The minimum absolute atomic E-state index is 0.0204. The summed E-state index contributed by atoms with van der Waals surface area (Å²) in [6, 6.07) is 6.97. The van der Waals surface area contributed by atoms with Crippen LogP contribution in [0.15, 0.2) is 33.5 Å². The molecule has 0 unspecified atom stereocenters. The Labute approximate surface area is 144 Å². The second-order valence-electron chi connectivity index (χ2n) is 5.86. The summed E-state index contributed by atoms with van der Waals surface area (Å²) in [6.07, 6.45) is 3.03. The van der Waals surface area contributed by atoms with E-state index < -0.39 is 5.97 Å². The van der Waals surface area contributed by atoms with Gasteiger partial charge in [0.15, 0.2) is 0 Å². The monoisotopic (exact) mass is 340 g/mol. The predicted molar refractivity (Wildman–Crippen MR) is 96.8 cm³/mol. The molecule has 0 bridgehead atoms. The van der Waals surface area contributed by atoms with E-state index in [-0.39, 0.29) is 34.5 Å². The number of rotatable bonds is 5. The maximum Gasteiger partial charge on any atom is 0.341 e. The molecule has 0 aliphatic carbocycles. The topological polar surface area (TPSA) is 95.4 Å². The quantitative estimate of drug-likeness (QED) is 0.564. The minimum Gasteiger partial charge on any atom is -0.462 e. The van der Waals surface area contributed by atoms with Crippen molar-refractivity contribution in [2.24, 2.45) is 0 Å². The first kappa shape index (κ1) is 17.0. The molecule has 0 amide bonds. The molecule has 0 radical (unpaired) electrons. The summed E-state index contributed by atoms with van der Waals surface area (Å²) in [5.74, 6) is -0.626. The van der Waals surface area contributed by atoms with Gasteiger partial charge in [0, 0.05) is 0 Å². The lowest BCUT2D eigenvalue weighted by molar-refractivity contribution is 0.0527. The van der Waals surface area contributed by atoms with Crippen LogP contribution in [-0.2, 0) is 11.2 Å². The number of ether oxygens (including phenoxy) is 1. The summed E-state index contributed by atoms with van der Waals surface area (Å²) in [4.78, 5) is 28.9. The van der Waals surface area contributed by atoms with Crippen molar-refractivity contribution in [3.63, 3.8) is 0 Å². The number of hydrogen-bond acceptors (Lipinski definition) is 6. The predicted octanol–water partition coefficient (Wildman–Crippen LogP) is 3.44. The summed E-state index contributed by atoms with van der Waals surface area (Å²) >= 11 is 0. The van der Waals surface area contributed by atoms with E-state index in [1.807, 2.05) is 12.1 Å². The zero-order valence-electron chi connectivity index (χ0n) is 14.3. The lowest BCUT2D eigenvalue weighted by Crippen LogP contribution is -2.12. The Morgan fingerprint density at radius 1 is 1.24 bits per heavy atom. The van der Waals surface area contributed by atoms with Crippen LogP contribution in [0.25, 0.3) is 22.1 Å². The number of nitrogen functional groups attached to an aromatic ring is 1. The number of fused-ring (bicyclic) bond motifs is 2. The van der Waals surface area contributed by atoms with Gasteiger partial charge in [-0.1, -0.05) is 19.4 Å². The highest BCUT2D eigenvalue weighted by molar-refractivity contribution is 5.99. The van der Waals surface area contributed by atoms with Crippen LogP contribution < -0.4 is 11.2 Å². The second kappa shape index (κ2) is 6.93. The van der Waals surface area contributed by atoms with E-state index in [1.54, 1.807) is 13.0 Å². The molecule has 0 fully saturated rings. The molecule has 2 N–H and O–H groups in total. The first-order chi connectivity index (χ1) is 12.0. The zero-order valence-corrected chi connectivity index (χ0v) is 14.3. The fraction of sp³-hybridized carbons (Fsp3) is 0.316. The third kappa shape index (κ3) is 3.20. The normalized spacial score (nSPS) is 11.1. The van der Waals surface area contributed by atoms with Crippen LogP contribution in [0.3, 0.4) is 0 Å². The standard InChI is InChI=1S/C19H20N2O4/c1-3-5-6-11-7-8-15-12(9-11)16(22)13-10-14(19(23)24-4-2)17(20)21-18(13)25-15/h7-10H,3-6H2,1-2H3,(H2,20,21). The van der Waals surface area contributed by atoms with Crippen LogP contribution in [0.4, 0.5) is 5.82 Å². The number of unbranched alkanes of at least 4 members (excludes halogenated alkanes) is 1. The molecule has 0 aliphatic rings. The highest BCUT2D eigenvalue weighted by atomic mass is 16.5. The average Bonchev–Trinajstić information content (AvgIpc) is 2.60. The van der Waals surface area contributed by atoms with Crippen LogP contribution in [0.5, 0.6) is 0 Å². The first-order valence-corrected chi connectivity index (χ1v) is 8.38. The highest BCUT2D eigenvalue weighted by Gasteiger charge is 2.17. The van der Waals surface area contributed by atoms with Crippen molar-refractivity contribution in [2.75, 3.05) is 12.3 Å². The van der Waals surface area contributed by atoms with Crippen molar-refractivity contribution in [2.45, 2.75) is 33.1 Å². The van der Waals surface area contributed by atoms with Gasteiger partial charge >= 0.3 is 5.97 Å². The maximum atomic E-state index is 12.9. The molecular weight excluding hydrogens is 320 g/mol. The molecule has 0 atom stereocenters. The fourth-order valence-corrected chi connectivity index (χ4v) is 2.75. The number of benzene rings is 1. The SMILES string of the molecule is CCCCc1ccc2oc3nc(N)c(C(=O)OCC)cc3c(=O)c2c1. The van der Waals surface area contributed by atoms with Gasteiger partial charge in [0.2, 0.25) is 11.1 Å². The van der Waals surface area contributed by atoms with Gasteiger partial charge in [-0.3, -0.25) is 4.79 Å². The molecular formula is C19H20N2O4. The lowest BCUT2D eigenvalue weighted by atomic mass is 10.0. The van der Waals surface area contributed by atoms with Gasteiger partial charge in [-0.05, 0) is 43.5 Å². The largest absolute Gasteiger partial charge is 0.462 e. The number of hydrogen-bond donors (Lipinski definition) is 1. The van der Waals surface area contributed by atoms with Crippen molar-refractivity contribution in [3.8, 4) is 0 Å². The van der Waals surface area contributed by atoms with E-state index in [4.69, 9.17) is 14.9 Å². The van der Waals surface area contributed by atoms with E-state index in [2.05, 4.69) is 11.9 Å². The number of esters is 1. The molecule has 25 heavy (non-hydrogen) atoms. The third-order valence-corrected chi connectivity index (χ3v) is 4.07. The summed E-state index contributed by atoms with van der Waals surface area (Å²) in [5.41, 5.74) is 7.31. The van der Waals surface area contributed by atoms with Crippen molar-refractivity contribution in [3.05, 3.63) is 45.6 Å². The van der Waals surface area contributed by atoms with Gasteiger partial charge in [-0.15, -0.1) is 0 Å². The molecule has 130 valence electrons. The van der Waals surface area contributed by atoms with Crippen molar-refractivity contribution >= 4 is 33.9 Å². The molecule has 2 aromatic heterocycles. The maximum absolute atomic E-state index is 12.9. The number of aryl methyl sites for hydroxylation is 1. The van der Waals surface area contributed by atoms with E-state index >= 15 is 0 Å². The zero-order chi connectivity index (χ0) is 18.0. The van der Waals surface area contributed by atoms with Crippen molar-refractivity contribution in [1.82, 2.24) is 4.98 Å². The van der Waals surface area contributed by atoms with Gasteiger partial charge in [0.05, 0.1) is 17.4 Å². The molecule has 3 rings (SSSR count). The van der Waals surface area contributed by atoms with Gasteiger partial charge in [0.25, 0.3) is 0 Å². The minimum atomic E-state index is -0.606. The number of anilines is 1. The van der Waals surface area contributed by atoms with Gasteiger partial charge in [0.1, 0.15) is 17.0 Å². The summed E-state index contributed by atoms with van der Waals surface area (Å²) in [7, 11) is 0. The molecule has 1 aromatic carbocycles. The smallest absolute Gasteiger partial charge is 0.341 e. The van der Waals surface area contributed by atoms with E-state index in [1.165, 1.54) is 6.07 Å². The number of nitrogens with two attached hydrogens (primary N) is 1. The Morgan fingerprint density at radius 3 is 2.76 bits per heavy atom. The van der Waals surface area contributed by atoms with Gasteiger partial charge in [-0.2, -0.15) is 4.98 Å². The molecule has 6 nitrogen and oxygen atoms in total. The second-order valence-corrected chi connectivity index (χ2v) is 5.86. The summed E-state index contributed by atoms with van der Waals surface area (Å²) < 4.78 is 10.7. The molecule has 0 saturated heterocycles. The first-order valence-electron chi connectivity index (χ1n) is 8.38. The number of carbonyl (C=O) groups is 1. The van der Waals surface area contributed by atoms with Crippen LogP contribution in [-0.4, -0.2) is 17.6 Å². The Kier molecular flexibility index (Phi) is 4.70. The lowest BCUT2D eigenvalue weighted by Gasteiger charge is -2.07. The fourth-order valence-electron chi connectivity index (χ4n) is 2.75. The number of carbonyl (C=O) groups excluding carboxylic acids is 1. The van der Waals surface area contributed by atoms with Crippen LogP contribution in [0.2, 0.25) is 0 Å². The van der Waals surface area contributed by atoms with Crippen molar-refractivity contribution < 1.29 is 13.9 Å². The highest BCUT2D eigenvalue weighted by Crippen LogP contribution is 2.22. The van der Waals surface area contributed by atoms with E-state index in [0.29, 0.717) is 11.0 Å². The Hall–Kier alpha value is -2.89. The molecule has 0 saturated carbocycles. The molecule has 2 heterocycles. The van der Waals surface area contributed by atoms with Gasteiger partial charge in [-0.25, -0.2) is 4.79 Å². The Morgan fingerprint density at radius 2 is 2.04 bits per heavy atom. The average molecular weight is 340 g/mol. The number of aromatic nitrogens is 1. The van der Waals surface area contributed by atoms with Crippen molar-refractivity contribution in [1.29, 1.82) is 0 Å². The van der Waals surface area contributed by atoms with Crippen LogP contribution >= 0.6 is 0 Å². The van der Waals surface area contributed by atoms with E-state index in [0.717, 1.165) is 24.8 Å². The number of pyridine rings is 1. The van der Waals surface area contributed by atoms with Crippen LogP contribution in [0, 0.1) is 0 Å². The summed E-state index contributed by atoms with van der Waals surface area (Å²) in [6.45, 7) is 4.03. The molecule has 0 aliphatic heterocycles. The Bertz CT molecular complexity index is 1010. The number of nitrogens with zero attached hydrogens (tertiary/aromatic N) is 1. The van der Waals surface area contributed by atoms with Gasteiger partial charge < -0.3 is 14.9 Å². The Balaban J connectivity index is 2.20. The molecule has 6 heteroatoms.